The second-order valence-electron chi connectivity index (χ2n) is 8.11. The Bertz CT molecular complexity index is 1300. The van der Waals surface area contributed by atoms with Gasteiger partial charge < -0.3 is 24.8 Å². The van der Waals surface area contributed by atoms with Gasteiger partial charge in [-0.1, -0.05) is 12.1 Å². The fourth-order valence-corrected chi connectivity index (χ4v) is 4.88. The molecule has 0 saturated carbocycles. The van der Waals surface area contributed by atoms with Crippen LogP contribution in [0.2, 0.25) is 0 Å². The number of anilines is 1. The minimum absolute atomic E-state index is 0.0644. The molecule has 4 rings (SSSR count). The van der Waals surface area contributed by atoms with Gasteiger partial charge in [0, 0.05) is 29.7 Å². The Balaban J connectivity index is 1.46. The Hall–Kier alpha value is -3.99. The molecule has 2 heterocycles. The van der Waals surface area contributed by atoms with Crippen molar-refractivity contribution in [3.05, 3.63) is 70.7 Å². The van der Waals surface area contributed by atoms with Gasteiger partial charge in [0.2, 0.25) is 17.6 Å². The number of hydrogen-bond acceptors (Lipinski definition) is 7. The number of thioether (sulfide) groups is 1. The summed E-state index contributed by atoms with van der Waals surface area (Å²) in [5.74, 6) is 2.32. The van der Waals surface area contributed by atoms with Crippen LogP contribution in [0.4, 0.5) is 10.2 Å². The van der Waals surface area contributed by atoms with Crippen molar-refractivity contribution in [2.24, 2.45) is 0 Å². The summed E-state index contributed by atoms with van der Waals surface area (Å²) in [4.78, 5) is 25.4. The molecular weight excluding hydrogens is 499 g/mol. The lowest BCUT2D eigenvalue weighted by atomic mass is 10.1. The number of nitrogens with one attached hydrogen (secondary N) is 2. The summed E-state index contributed by atoms with van der Waals surface area (Å²) in [6.07, 6.45) is 3.02. The number of fused-ring (bicyclic) bond motifs is 1. The predicted molar refractivity (Wildman–Crippen MR) is 139 cm³/mol. The van der Waals surface area contributed by atoms with Gasteiger partial charge in [0.25, 0.3) is 0 Å². The van der Waals surface area contributed by atoms with Crippen molar-refractivity contribution in [1.82, 2.24) is 15.1 Å². The molecule has 0 aliphatic carbocycles. The molecule has 0 radical (unpaired) electrons. The normalized spacial score (nSPS) is 12.3. The lowest BCUT2D eigenvalue weighted by Crippen LogP contribution is -2.28. The average molecular weight is 527 g/mol. The second kappa shape index (κ2) is 11.8. The van der Waals surface area contributed by atoms with Gasteiger partial charge in [-0.2, -0.15) is 16.9 Å². The van der Waals surface area contributed by atoms with Gasteiger partial charge in [0.1, 0.15) is 18.2 Å². The lowest BCUT2D eigenvalue weighted by molar-refractivity contribution is -0.122. The van der Waals surface area contributed by atoms with Crippen LogP contribution in [0.25, 0.3) is 6.08 Å². The molecular formula is C26H27FN4O5S. The van der Waals surface area contributed by atoms with Crippen LogP contribution in [0.1, 0.15) is 22.4 Å². The highest BCUT2D eigenvalue weighted by atomic mass is 32.2. The van der Waals surface area contributed by atoms with Crippen LogP contribution in [0.15, 0.2) is 42.5 Å². The van der Waals surface area contributed by atoms with E-state index in [1.165, 1.54) is 44.2 Å². The van der Waals surface area contributed by atoms with Crippen molar-refractivity contribution in [2.75, 3.05) is 26.6 Å². The van der Waals surface area contributed by atoms with Crippen LogP contribution in [0, 0.1) is 5.82 Å². The van der Waals surface area contributed by atoms with E-state index >= 15 is 0 Å². The van der Waals surface area contributed by atoms with Crippen molar-refractivity contribution in [2.45, 2.75) is 24.6 Å². The molecule has 9 nitrogen and oxygen atoms in total. The van der Waals surface area contributed by atoms with E-state index in [-0.39, 0.29) is 30.7 Å². The van der Waals surface area contributed by atoms with Gasteiger partial charge >= 0.3 is 0 Å². The molecule has 1 aromatic heterocycles. The van der Waals surface area contributed by atoms with E-state index < -0.39 is 0 Å². The summed E-state index contributed by atoms with van der Waals surface area (Å²) in [5, 5.41) is 10.2. The fraction of sp³-hybridized carbons (Fsp3) is 0.269. The molecule has 1 aliphatic heterocycles. The number of halogens is 1. The maximum atomic E-state index is 13.1. The van der Waals surface area contributed by atoms with Crippen LogP contribution in [-0.2, 0) is 34.2 Å². The molecule has 0 fully saturated rings. The fourth-order valence-electron chi connectivity index (χ4n) is 3.84. The van der Waals surface area contributed by atoms with E-state index in [1.807, 2.05) is 0 Å². The first-order valence-electron chi connectivity index (χ1n) is 11.4. The molecule has 3 aromatic rings. The number of carbonyl (C=O) groups is 2. The number of nitrogens with zero attached hydrogens (tertiary/aromatic N) is 2. The van der Waals surface area contributed by atoms with Crippen molar-refractivity contribution >= 4 is 35.5 Å². The largest absolute Gasteiger partial charge is 0.493 e. The van der Waals surface area contributed by atoms with Crippen molar-refractivity contribution in [3.63, 3.8) is 0 Å². The Labute approximate surface area is 218 Å². The number of benzene rings is 2. The first-order chi connectivity index (χ1) is 17.9. The minimum Gasteiger partial charge on any atom is -0.493 e. The van der Waals surface area contributed by atoms with Crippen LogP contribution in [-0.4, -0.2) is 42.9 Å². The second-order valence-corrected chi connectivity index (χ2v) is 9.09. The highest BCUT2D eigenvalue weighted by molar-refractivity contribution is 7.98. The van der Waals surface area contributed by atoms with E-state index in [1.54, 1.807) is 42.1 Å². The molecule has 0 spiro atoms. The first-order valence-corrected chi connectivity index (χ1v) is 12.5. The zero-order valence-corrected chi connectivity index (χ0v) is 21.5. The summed E-state index contributed by atoms with van der Waals surface area (Å²) < 4.78 is 30.7. The van der Waals surface area contributed by atoms with E-state index in [0.717, 1.165) is 16.8 Å². The number of aromatic nitrogens is 2. The van der Waals surface area contributed by atoms with Gasteiger partial charge in [-0.25, -0.2) is 9.07 Å². The Kier molecular flexibility index (Phi) is 8.34. The lowest BCUT2D eigenvalue weighted by Gasteiger charge is -2.13. The third-order valence-corrected chi connectivity index (χ3v) is 6.64. The summed E-state index contributed by atoms with van der Waals surface area (Å²) in [7, 11) is 4.56. The number of amides is 2. The topological polar surface area (TPSA) is 104 Å². The molecule has 0 unspecified atom stereocenters. The summed E-state index contributed by atoms with van der Waals surface area (Å²) in [6, 6.07) is 9.37. The van der Waals surface area contributed by atoms with E-state index in [4.69, 9.17) is 14.2 Å². The molecule has 0 bridgehead atoms. The van der Waals surface area contributed by atoms with E-state index in [9.17, 15) is 14.0 Å². The Morgan fingerprint density at radius 2 is 1.78 bits per heavy atom. The SMILES string of the molecule is COc1cc(/C=C\C(=O)Nc2c3c(nn2CC(=O)NCc2ccc(F)cc2)CSC3)cc(OC)c1OC. The van der Waals surface area contributed by atoms with Crippen molar-refractivity contribution < 1.29 is 28.2 Å². The number of carbonyl (C=O) groups excluding carboxylic acids is 2. The molecule has 0 saturated heterocycles. The predicted octanol–water partition coefficient (Wildman–Crippen LogP) is 3.76. The third kappa shape index (κ3) is 6.23. The van der Waals surface area contributed by atoms with Crippen LogP contribution in [0.3, 0.4) is 0 Å². The summed E-state index contributed by atoms with van der Waals surface area (Å²) in [5.41, 5.74) is 3.21. The number of methoxy groups -OCH3 is 3. The van der Waals surface area contributed by atoms with Gasteiger partial charge in [-0.15, -0.1) is 0 Å². The quantitative estimate of drug-likeness (QED) is 0.388. The zero-order chi connectivity index (χ0) is 26.4. The number of hydrogen-bond donors (Lipinski definition) is 2. The Morgan fingerprint density at radius 3 is 2.43 bits per heavy atom. The third-order valence-electron chi connectivity index (χ3n) is 5.67. The van der Waals surface area contributed by atoms with Crippen LogP contribution in [0.5, 0.6) is 17.2 Å². The number of ether oxygens (including phenoxy) is 3. The maximum Gasteiger partial charge on any atom is 0.249 e. The summed E-state index contributed by atoms with van der Waals surface area (Å²) >= 11 is 1.69. The van der Waals surface area contributed by atoms with Crippen molar-refractivity contribution in [1.29, 1.82) is 0 Å². The smallest absolute Gasteiger partial charge is 0.249 e. The van der Waals surface area contributed by atoms with Gasteiger partial charge in [0.15, 0.2) is 11.5 Å². The standard InChI is InChI=1S/C26H27FN4O5S/c1-34-21-10-17(11-22(35-2)25(21)36-3)6-9-23(32)29-26-19-14-37-15-20(19)30-31(26)13-24(33)28-12-16-4-7-18(27)8-5-16/h4-11H,12-15H2,1-3H3,(H,28,33)(H,29,32)/b9-6-. The van der Waals surface area contributed by atoms with Crippen molar-refractivity contribution in [3.8, 4) is 17.2 Å². The highest BCUT2D eigenvalue weighted by Crippen LogP contribution is 2.38. The van der Waals surface area contributed by atoms with E-state index in [2.05, 4.69) is 15.7 Å². The zero-order valence-electron chi connectivity index (χ0n) is 20.7. The van der Waals surface area contributed by atoms with Gasteiger partial charge in [-0.05, 0) is 41.5 Å². The van der Waals surface area contributed by atoms with Gasteiger partial charge in [0.05, 0.1) is 27.0 Å². The maximum absolute atomic E-state index is 13.1. The molecule has 0 atom stereocenters. The van der Waals surface area contributed by atoms with Gasteiger partial charge in [-0.3, -0.25) is 9.59 Å². The molecule has 2 amide bonds. The summed E-state index contributed by atoms with van der Waals surface area (Å²) in [6.45, 7) is 0.195. The Morgan fingerprint density at radius 1 is 1.08 bits per heavy atom. The molecule has 194 valence electrons. The van der Waals surface area contributed by atoms with Crippen LogP contribution < -0.4 is 24.8 Å². The first kappa shape index (κ1) is 26.1. The molecule has 11 heteroatoms. The highest BCUT2D eigenvalue weighted by Gasteiger charge is 2.24. The minimum atomic E-state index is -0.374. The molecule has 37 heavy (non-hydrogen) atoms. The van der Waals surface area contributed by atoms with E-state index in [0.29, 0.717) is 40.1 Å². The monoisotopic (exact) mass is 526 g/mol. The molecule has 2 aromatic carbocycles. The number of rotatable bonds is 10. The average Bonchev–Trinajstić information content (AvgIpc) is 3.48. The molecule has 2 N–H and O–H groups in total. The van der Waals surface area contributed by atoms with Crippen LogP contribution >= 0.6 is 11.8 Å². The molecule has 1 aliphatic rings.